The van der Waals surface area contributed by atoms with Crippen molar-refractivity contribution in [2.24, 2.45) is 4.99 Å². The molecule has 0 aliphatic carbocycles. The minimum Gasteiger partial charge on any atom is -0.258 e. The number of nitrogens with zero attached hydrogens (tertiary/aromatic N) is 1. The molecule has 1 heteroatoms. The first-order chi connectivity index (χ1) is 7.84. The molecular formula is C15H15N. The number of benzene rings is 2. The van der Waals surface area contributed by atoms with E-state index >= 15 is 0 Å². The second-order valence-corrected chi connectivity index (χ2v) is 3.85. The fourth-order valence-corrected chi connectivity index (χ4v) is 1.65. The fraction of sp³-hybridized carbons (Fsp3) is 0.133. The molecule has 0 N–H and O–H groups in total. The van der Waals surface area contributed by atoms with Gasteiger partial charge in [-0.25, -0.2) is 0 Å². The summed E-state index contributed by atoms with van der Waals surface area (Å²) in [6.07, 6.45) is 0.912. The molecule has 0 aliphatic rings. The average molecular weight is 209 g/mol. The molecule has 2 aromatic rings. The van der Waals surface area contributed by atoms with Crippen LogP contribution in [0.2, 0.25) is 0 Å². The molecule has 0 unspecified atom stereocenters. The molecule has 1 nitrogen and oxygen atoms in total. The molecule has 80 valence electrons. The van der Waals surface area contributed by atoms with E-state index in [2.05, 4.69) is 36.2 Å². The van der Waals surface area contributed by atoms with Gasteiger partial charge in [0.25, 0.3) is 0 Å². The molecule has 0 bridgehead atoms. The number of hydrogen-bond acceptors (Lipinski definition) is 1. The Kier molecular flexibility index (Phi) is 3.50. The van der Waals surface area contributed by atoms with Gasteiger partial charge < -0.3 is 0 Å². The average Bonchev–Trinajstić information content (AvgIpc) is 2.31. The van der Waals surface area contributed by atoms with E-state index in [1.807, 2.05) is 36.4 Å². The van der Waals surface area contributed by atoms with E-state index in [-0.39, 0.29) is 0 Å². The zero-order valence-corrected chi connectivity index (χ0v) is 9.43. The lowest BCUT2D eigenvalue weighted by molar-refractivity contribution is 1.29. The standard InChI is InChI=1S/C15H15N/c1-13(12-14-8-4-2-5-9-14)16-15-10-6-3-7-11-15/h2-11H,12H2,1H3/b16-13-. The van der Waals surface area contributed by atoms with Gasteiger partial charge in [0.1, 0.15) is 0 Å². The van der Waals surface area contributed by atoms with E-state index in [4.69, 9.17) is 0 Å². The molecule has 0 heterocycles. The van der Waals surface area contributed by atoms with E-state index in [0.717, 1.165) is 17.8 Å². The summed E-state index contributed by atoms with van der Waals surface area (Å²) in [7, 11) is 0. The van der Waals surface area contributed by atoms with Crippen LogP contribution in [0.3, 0.4) is 0 Å². The van der Waals surface area contributed by atoms with Crippen molar-refractivity contribution < 1.29 is 0 Å². The molecule has 2 rings (SSSR count). The Morgan fingerprint density at radius 1 is 0.875 bits per heavy atom. The second kappa shape index (κ2) is 5.26. The van der Waals surface area contributed by atoms with Gasteiger partial charge in [0.15, 0.2) is 0 Å². The normalized spacial score (nSPS) is 11.4. The molecule has 0 fully saturated rings. The third-order valence-corrected chi connectivity index (χ3v) is 2.38. The van der Waals surface area contributed by atoms with Crippen LogP contribution in [0.25, 0.3) is 0 Å². The van der Waals surface area contributed by atoms with E-state index in [1.54, 1.807) is 0 Å². The third kappa shape index (κ3) is 3.06. The highest BCUT2D eigenvalue weighted by atomic mass is 14.7. The van der Waals surface area contributed by atoms with Crippen molar-refractivity contribution in [3.05, 3.63) is 66.2 Å². The molecule has 0 aromatic heterocycles. The minimum atomic E-state index is 0.912. The monoisotopic (exact) mass is 209 g/mol. The van der Waals surface area contributed by atoms with Crippen LogP contribution in [0, 0.1) is 0 Å². The van der Waals surface area contributed by atoms with Crippen molar-refractivity contribution in [3.63, 3.8) is 0 Å². The quantitative estimate of drug-likeness (QED) is 0.677. The van der Waals surface area contributed by atoms with Gasteiger partial charge in [0.2, 0.25) is 0 Å². The predicted molar refractivity (Wildman–Crippen MR) is 69.4 cm³/mol. The van der Waals surface area contributed by atoms with Gasteiger partial charge >= 0.3 is 0 Å². The van der Waals surface area contributed by atoms with Crippen molar-refractivity contribution in [2.75, 3.05) is 0 Å². The van der Waals surface area contributed by atoms with Crippen molar-refractivity contribution in [2.45, 2.75) is 13.3 Å². The van der Waals surface area contributed by atoms with Gasteiger partial charge in [0.05, 0.1) is 5.69 Å². The van der Waals surface area contributed by atoms with Gasteiger partial charge in [-0.1, -0.05) is 48.5 Å². The lowest BCUT2D eigenvalue weighted by Gasteiger charge is -2.01. The molecule has 16 heavy (non-hydrogen) atoms. The lowest BCUT2D eigenvalue weighted by Crippen LogP contribution is -1.96. The van der Waals surface area contributed by atoms with Crippen LogP contribution in [-0.2, 0) is 6.42 Å². The SMILES string of the molecule is C/C(Cc1ccccc1)=N/c1ccccc1. The summed E-state index contributed by atoms with van der Waals surface area (Å²) in [6, 6.07) is 20.5. The minimum absolute atomic E-state index is 0.912. The molecule has 0 saturated heterocycles. The van der Waals surface area contributed by atoms with Crippen LogP contribution < -0.4 is 0 Å². The number of para-hydroxylation sites is 1. The lowest BCUT2D eigenvalue weighted by atomic mass is 10.1. The van der Waals surface area contributed by atoms with Gasteiger partial charge in [-0.3, -0.25) is 4.99 Å². The zero-order valence-electron chi connectivity index (χ0n) is 9.43. The van der Waals surface area contributed by atoms with E-state index < -0.39 is 0 Å². The molecular weight excluding hydrogens is 194 g/mol. The molecule has 0 atom stereocenters. The zero-order chi connectivity index (χ0) is 11.2. The Morgan fingerprint density at radius 2 is 1.44 bits per heavy atom. The van der Waals surface area contributed by atoms with Gasteiger partial charge in [-0.2, -0.15) is 0 Å². The third-order valence-electron chi connectivity index (χ3n) is 2.38. The van der Waals surface area contributed by atoms with Crippen LogP contribution in [0.4, 0.5) is 5.69 Å². The Bertz CT molecular complexity index is 457. The maximum Gasteiger partial charge on any atom is 0.0629 e. The maximum absolute atomic E-state index is 4.57. The summed E-state index contributed by atoms with van der Waals surface area (Å²) in [4.78, 5) is 4.57. The second-order valence-electron chi connectivity index (χ2n) is 3.85. The Labute approximate surface area is 96.5 Å². The predicted octanol–water partition coefficient (Wildman–Crippen LogP) is 4.02. The fourth-order valence-electron chi connectivity index (χ4n) is 1.65. The molecule has 0 saturated carbocycles. The summed E-state index contributed by atoms with van der Waals surface area (Å²) in [6.45, 7) is 2.07. The first-order valence-electron chi connectivity index (χ1n) is 5.48. The molecule has 0 radical (unpaired) electrons. The first kappa shape index (κ1) is 10.6. The van der Waals surface area contributed by atoms with E-state index in [1.165, 1.54) is 5.56 Å². The Balaban J connectivity index is 2.09. The van der Waals surface area contributed by atoms with Crippen LogP contribution >= 0.6 is 0 Å². The molecule has 0 aliphatic heterocycles. The summed E-state index contributed by atoms with van der Waals surface area (Å²) in [5.74, 6) is 0. The highest BCUT2D eigenvalue weighted by Gasteiger charge is 1.95. The summed E-state index contributed by atoms with van der Waals surface area (Å²) >= 11 is 0. The van der Waals surface area contributed by atoms with Crippen LogP contribution in [0.1, 0.15) is 12.5 Å². The van der Waals surface area contributed by atoms with Gasteiger partial charge in [0, 0.05) is 12.1 Å². The summed E-state index contributed by atoms with van der Waals surface area (Å²) in [5, 5.41) is 0. The highest BCUT2D eigenvalue weighted by molar-refractivity contribution is 5.86. The van der Waals surface area contributed by atoms with Crippen LogP contribution in [0.15, 0.2) is 65.7 Å². The van der Waals surface area contributed by atoms with E-state index in [9.17, 15) is 0 Å². The van der Waals surface area contributed by atoms with Crippen LogP contribution in [0.5, 0.6) is 0 Å². The van der Waals surface area contributed by atoms with E-state index in [0.29, 0.717) is 0 Å². The first-order valence-corrected chi connectivity index (χ1v) is 5.48. The number of aliphatic imine (C=N–C) groups is 1. The smallest absolute Gasteiger partial charge is 0.0629 e. The maximum atomic E-state index is 4.57. The van der Waals surface area contributed by atoms with Crippen LogP contribution in [-0.4, -0.2) is 5.71 Å². The highest BCUT2D eigenvalue weighted by Crippen LogP contribution is 2.11. The van der Waals surface area contributed by atoms with Crippen molar-refractivity contribution >= 4 is 11.4 Å². The molecule has 2 aromatic carbocycles. The van der Waals surface area contributed by atoms with Crippen molar-refractivity contribution in [1.82, 2.24) is 0 Å². The Hall–Kier alpha value is -1.89. The topological polar surface area (TPSA) is 12.4 Å². The van der Waals surface area contributed by atoms with Gasteiger partial charge in [-0.15, -0.1) is 0 Å². The molecule has 0 amide bonds. The summed E-state index contributed by atoms with van der Waals surface area (Å²) < 4.78 is 0. The molecule has 0 spiro atoms. The van der Waals surface area contributed by atoms with Crippen molar-refractivity contribution in [3.8, 4) is 0 Å². The summed E-state index contributed by atoms with van der Waals surface area (Å²) in [5.41, 5.74) is 3.47. The van der Waals surface area contributed by atoms with Gasteiger partial charge in [-0.05, 0) is 24.6 Å². The van der Waals surface area contributed by atoms with Crippen molar-refractivity contribution in [1.29, 1.82) is 0 Å². The Morgan fingerprint density at radius 3 is 2.06 bits per heavy atom. The number of rotatable bonds is 3. The number of hydrogen-bond donors (Lipinski definition) is 0. The largest absolute Gasteiger partial charge is 0.258 e.